The average Bonchev–Trinajstić information content (AvgIpc) is 2.42. The summed E-state index contributed by atoms with van der Waals surface area (Å²) < 4.78 is 0.829. The zero-order chi connectivity index (χ0) is 15.6. The van der Waals surface area contributed by atoms with Crippen LogP contribution in [0.3, 0.4) is 0 Å². The van der Waals surface area contributed by atoms with Crippen molar-refractivity contribution in [1.29, 1.82) is 0 Å². The summed E-state index contributed by atoms with van der Waals surface area (Å²) in [6.45, 7) is 6.12. The smallest absolute Gasteiger partial charge is 0.0830 e. The zero-order valence-corrected chi connectivity index (χ0v) is 14.7. The molecule has 0 saturated carbocycles. The molecule has 2 N–H and O–H groups in total. The van der Waals surface area contributed by atoms with Crippen molar-refractivity contribution in [3.63, 3.8) is 0 Å². The number of rotatable bonds is 4. The fourth-order valence-electron chi connectivity index (χ4n) is 2.52. The molecule has 0 radical (unpaired) electrons. The molecule has 2 rings (SSSR count). The molecule has 2 aromatic carbocycles. The summed E-state index contributed by atoms with van der Waals surface area (Å²) in [5.74, 6) is 0. The Morgan fingerprint density at radius 3 is 2.48 bits per heavy atom. The van der Waals surface area contributed by atoms with E-state index in [-0.39, 0.29) is 6.61 Å². The highest BCUT2D eigenvalue weighted by Gasteiger charge is 2.27. The van der Waals surface area contributed by atoms with Crippen molar-refractivity contribution >= 4 is 33.2 Å². The molecule has 0 aliphatic carbocycles. The lowest BCUT2D eigenvalue weighted by atomic mass is 9.88. The molecule has 1 atom stereocenters. The molecular formula is C17H19BrClNO. The summed E-state index contributed by atoms with van der Waals surface area (Å²) in [4.78, 5) is 0. The molecule has 0 heterocycles. The number of hydrogen-bond acceptors (Lipinski definition) is 2. The normalized spacial score (nSPS) is 13.8. The highest BCUT2D eigenvalue weighted by molar-refractivity contribution is 9.10. The third-order valence-corrected chi connectivity index (χ3v) is 4.85. The first-order chi connectivity index (χ1) is 9.85. The standard InChI is InChI=1S/C17H19BrClNO/c1-11-4-6-14(12(2)8-11)17(3,10-21)20-13-5-7-16(19)15(18)9-13/h4-9,20-21H,10H2,1-3H3. The molecule has 0 aromatic heterocycles. The molecule has 0 aliphatic heterocycles. The first-order valence-electron chi connectivity index (χ1n) is 6.77. The topological polar surface area (TPSA) is 32.3 Å². The van der Waals surface area contributed by atoms with Crippen molar-refractivity contribution in [2.45, 2.75) is 26.3 Å². The first-order valence-corrected chi connectivity index (χ1v) is 7.94. The van der Waals surface area contributed by atoms with Gasteiger partial charge in [-0.25, -0.2) is 0 Å². The quantitative estimate of drug-likeness (QED) is 0.792. The largest absolute Gasteiger partial charge is 0.394 e. The average molecular weight is 369 g/mol. The number of benzene rings is 2. The molecule has 0 saturated heterocycles. The minimum atomic E-state index is -0.551. The molecule has 0 bridgehead atoms. The van der Waals surface area contributed by atoms with Gasteiger partial charge in [0.15, 0.2) is 0 Å². The fraction of sp³-hybridized carbons (Fsp3) is 0.294. The number of hydrogen-bond donors (Lipinski definition) is 2. The van der Waals surface area contributed by atoms with Crippen LogP contribution >= 0.6 is 27.5 Å². The Hall–Kier alpha value is -1.03. The van der Waals surface area contributed by atoms with Gasteiger partial charge in [0.1, 0.15) is 0 Å². The van der Waals surface area contributed by atoms with Crippen molar-refractivity contribution < 1.29 is 5.11 Å². The van der Waals surface area contributed by atoms with E-state index in [0.29, 0.717) is 5.02 Å². The van der Waals surface area contributed by atoms with E-state index in [2.05, 4.69) is 53.3 Å². The van der Waals surface area contributed by atoms with E-state index in [0.717, 1.165) is 21.3 Å². The number of aryl methyl sites for hydroxylation is 2. The van der Waals surface area contributed by atoms with Gasteiger partial charge in [-0.2, -0.15) is 0 Å². The molecule has 0 spiro atoms. The van der Waals surface area contributed by atoms with Gasteiger partial charge < -0.3 is 10.4 Å². The molecule has 21 heavy (non-hydrogen) atoms. The van der Waals surface area contributed by atoms with Crippen LogP contribution in [-0.4, -0.2) is 11.7 Å². The van der Waals surface area contributed by atoms with E-state index < -0.39 is 5.54 Å². The Balaban J connectivity index is 2.38. The SMILES string of the molecule is Cc1ccc(C(C)(CO)Nc2ccc(Cl)c(Br)c2)c(C)c1. The summed E-state index contributed by atoms with van der Waals surface area (Å²) in [6, 6.07) is 11.9. The van der Waals surface area contributed by atoms with E-state index in [9.17, 15) is 5.11 Å². The number of nitrogens with one attached hydrogen (secondary N) is 1. The van der Waals surface area contributed by atoms with Gasteiger partial charge >= 0.3 is 0 Å². The fourth-order valence-corrected chi connectivity index (χ4v) is 3.01. The lowest BCUT2D eigenvalue weighted by Gasteiger charge is -2.32. The summed E-state index contributed by atoms with van der Waals surface area (Å²) in [6.07, 6.45) is 0. The van der Waals surface area contributed by atoms with Crippen LogP contribution in [0.5, 0.6) is 0 Å². The van der Waals surface area contributed by atoms with E-state index in [1.54, 1.807) is 0 Å². The second kappa shape index (κ2) is 6.39. The number of aliphatic hydroxyl groups is 1. The van der Waals surface area contributed by atoms with Crippen LogP contribution in [0.15, 0.2) is 40.9 Å². The lowest BCUT2D eigenvalue weighted by molar-refractivity contribution is 0.223. The second-order valence-corrected chi connectivity index (χ2v) is 6.82. The molecule has 0 fully saturated rings. The van der Waals surface area contributed by atoms with E-state index in [4.69, 9.17) is 11.6 Å². The Kier molecular flexibility index (Phi) is 4.97. The number of aliphatic hydroxyl groups excluding tert-OH is 1. The Labute approximate surface area is 139 Å². The minimum absolute atomic E-state index is 0.00283. The van der Waals surface area contributed by atoms with Crippen LogP contribution < -0.4 is 5.32 Å². The molecule has 2 aromatic rings. The predicted molar refractivity (Wildman–Crippen MR) is 93.1 cm³/mol. The van der Waals surface area contributed by atoms with Crippen molar-refractivity contribution in [1.82, 2.24) is 0 Å². The predicted octanol–water partition coefficient (Wildman–Crippen LogP) is 5.04. The maximum Gasteiger partial charge on any atom is 0.0830 e. The van der Waals surface area contributed by atoms with Crippen molar-refractivity contribution in [3.8, 4) is 0 Å². The zero-order valence-electron chi connectivity index (χ0n) is 12.4. The summed E-state index contributed by atoms with van der Waals surface area (Å²) in [5, 5.41) is 14.0. The monoisotopic (exact) mass is 367 g/mol. The molecule has 0 aliphatic rings. The van der Waals surface area contributed by atoms with E-state index in [1.807, 2.05) is 25.1 Å². The molecular weight excluding hydrogens is 350 g/mol. The highest BCUT2D eigenvalue weighted by Crippen LogP contribution is 2.32. The summed E-state index contributed by atoms with van der Waals surface area (Å²) in [5.41, 5.74) is 3.81. The van der Waals surface area contributed by atoms with Gasteiger partial charge in [-0.05, 0) is 66.0 Å². The minimum Gasteiger partial charge on any atom is -0.394 e. The Morgan fingerprint density at radius 1 is 1.19 bits per heavy atom. The maximum absolute atomic E-state index is 9.92. The van der Waals surface area contributed by atoms with Gasteiger partial charge in [-0.3, -0.25) is 0 Å². The Bertz CT molecular complexity index is 659. The summed E-state index contributed by atoms with van der Waals surface area (Å²) >= 11 is 9.44. The van der Waals surface area contributed by atoms with E-state index >= 15 is 0 Å². The summed E-state index contributed by atoms with van der Waals surface area (Å²) in [7, 11) is 0. The molecule has 2 nitrogen and oxygen atoms in total. The molecule has 112 valence electrons. The van der Waals surface area contributed by atoms with Crippen molar-refractivity contribution in [2.75, 3.05) is 11.9 Å². The third kappa shape index (κ3) is 3.60. The van der Waals surface area contributed by atoms with Gasteiger partial charge in [0.2, 0.25) is 0 Å². The van der Waals surface area contributed by atoms with Gasteiger partial charge in [-0.1, -0.05) is 35.4 Å². The number of halogens is 2. The van der Waals surface area contributed by atoms with Crippen LogP contribution in [0.1, 0.15) is 23.6 Å². The number of anilines is 1. The highest BCUT2D eigenvalue weighted by atomic mass is 79.9. The molecule has 4 heteroatoms. The third-order valence-electron chi connectivity index (χ3n) is 3.63. The van der Waals surface area contributed by atoms with Gasteiger partial charge in [0, 0.05) is 10.2 Å². The van der Waals surface area contributed by atoms with Gasteiger partial charge in [0.05, 0.1) is 17.2 Å². The Morgan fingerprint density at radius 2 is 1.90 bits per heavy atom. The second-order valence-electron chi connectivity index (χ2n) is 5.56. The molecule has 1 unspecified atom stereocenters. The maximum atomic E-state index is 9.92. The van der Waals surface area contributed by atoms with Gasteiger partial charge in [0.25, 0.3) is 0 Å². The van der Waals surface area contributed by atoms with Crippen LogP contribution in [0, 0.1) is 13.8 Å². The molecule has 0 amide bonds. The van der Waals surface area contributed by atoms with Gasteiger partial charge in [-0.15, -0.1) is 0 Å². The van der Waals surface area contributed by atoms with Crippen LogP contribution in [-0.2, 0) is 5.54 Å². The van der Waals surface area contributed by atoms with Crippen LogP contribution in [0.4, 0.5) is 5.69 Å². The van der Waals surface area contributed by atoms with Crippen molar-refractivity contribution in [2.24, 2.45) is 0 Å². The van der Waals surface area contributed by atoms with E-state index in [1.165, 1.54) is 5.56 Å². The van der Waals surface area contributed by atoms with Crippen LogP contribution in [0.2, 0.25) is 5.02 Å². The van der Waals surface area contributed by atoms with Crippen LogP contribution in [0.25, 0.3) is 0 Å². The first kappa shape index (κ1) is 16.3. The van der Waals surface area contributed by atoms with Crippen molar-refractivity contribution in [3.05, 3.63) is 62.6 Å². The lowest BCUT2D eigenvalue weighted by Crippen LogP contribution is -2.36.